The molecule has 3 atom stereocenters. The van der Waals surface area contributed by atoms with Crippen LogP contribution in [0.15, 0.2) is 24.3 Å². The summed E-state index contributed by atoms with van der Waals surface area (Å²) in [5.41, 5.74) is 0.833. The predicted molar refractivity (Wildman–Crippen MR) is 115 cm³/mol. The number of ether oxygens (including phenoxy) is 1. The van der Waals surface area contributed by atoms with Crippen molar-refractivity contribution >= 4 is 19.4 Å². The van der Waals surface area contributed by atoms with Gasteiger partial charge in [0.05, 0.1) is 13.2 Å². The summed E-state index contributed by atoms with van der Waals surface area (Å²) in [6.45, 7) is 5.46. The largest absolute Gasteiger partial charge is 0.497 e. The average Bonchev–Trinajstić information content (AvgIpc) is 2.69. The Bertz CT molecular complexity index is 735. The van der Waals surface area contributed by atoms with E-state index in [0.29, 0.717) is 12.2 Å². The molecule has 10 heteroatoms. The highest BCUT2D eigenvalue weighted by atomic mass is 31.2. The monoisotopic (exact) mass is 443 g/mol. The molecule has 0 aliphatic carbocycles. The van der Waals surface area contributed by atoms with Gasteiger partial charge in [-0.1, -0.05) is 32.9 Å². The zero-order chi connectivity index (χ0) is 22.9. The average molecular weight is 443 g/mol. The fourth-order valence-corrected chi connectivity index (χ4v) is 3.91. The number of methoxy groups -OCH3 is 1. The second kappa shape index (κ2) is 12.1. The van der Waals surface area contributed by atoms with Gasteiger partial charge < -0.3 is 25.2 Å². The summed E-state index contributed by atoms with van der Waals surface area (Å²) < 4.78 is 16.8. The summed E-state index contributed by atoms with van der Waals surface area (Å²) >= 11 is 0. The first-order valence-corrected chi connectivity index (χ1v) is 11.7. The van der Waals surface area contributed by atoms with Crippen LogP contribution in [0.3, 0.4) is 0 Å². The molecule has 0 saturated heterocycles. The lowest BCUT2D eigenvalue weighted by Gasteiger charge is -2.28. The molecule has 0 saturated carbocycles. The van der Waals surface area contributed by atoms with E-state index in [1.54, 1.807) is 26.2 Å². The van der Waals surface area contributed by atoms with E-state index in [4.69, 9.17) is 4.74 Å². The summed E-state index contributed by atoms with van der Waals surface area (Å²) in [4.78, 5) is 44.4. The lowest BCUT2D eigenvalue weighted by atomic mass is 10.0. The van der Waals surface area contributed by atoms with E-state index < -0.39 is 31.4 Å². The molecule has 0 heterocycles. The van der Waals surface area contributed by atoms with Crippen molar-refractivity contribution in [2.45, 2.75) is 57.9 Å². The van der Waals surface area contributed by atoms with Gasteiger partial charge in [-0.3, -0.25) is 19.5 Å². The maximum Gasteiger partial charge on any atom is 0.342 e. The van der Waals surface area contributed by atoms with E-state index in [2.05, 4.69) is 16.0 Å². The summed E-state index contributed by atoms with van der Waals surface area (Å²) in [6, 6.07) is 5.49. The molecule has 0 bridgehead atoms. The van der Waals surface area contributed by atoms with E-state index in [-0.39, 0.29) is 24.7 Å². The zero-order valence-corrected chi connectivity index (χ0v) is 19.1. The molecule has 0 aliphatic heterocycles. The van der Waals surface area contributed by atoms with Crippen molar-refractivity contribution in [3.8, 4) is 5.75 Å². The zero-order valence-electron chi connectivity index (χ0n) is 18.2. The molecule has 0 aromatic heterocycles. The second-order valence-electron chi connectivity index (χ2n) is 7.59. The van der Waals surface area contributed by atoms with Crippen LogP contribution in [-0.4, -0.2) is 53.6 Å². The van der Waals surface area contributed by atoms with Crippen LogP contribution in [0.2, 0.25) is 0 Å². The molecule has 1 aromatic rings. The first-order chi connectivity index (χ1) is 14.0. The fraction of sp³-hybridized carbons (Fsp3) is 0.600. The molecule has 0 radical (unpaired) electrons. The van der Waals surface area contributed by atoms with Crippen LogP contribution in [0, 0.1) is 5.92 Å². The molecule has 1 rings (SSSR count). The Morgan fingerprint density at radius 3 is 2.13 bits per heavy atom. The van der Waals surface area contributed by atoms with Gasteiger partial charge in [-0.05, 0) is 36.5 Å². The fourth-order valence-electron chi connectivity index (χ4n) is 3.06. The van der Waals surface area contributed by atoms with Crippen LogP contribution in [0.4, 0.5) is 0 Å². The topological polar surface area (TPSA) is 137 Å². The number of rotatable bonds is 12. The Morgan fingerprint density at radius 2 is 1.70 bits per heavy atom. The normalized spacial score (nSPS) is 14.7. The summed E-state index contributed by atoms with van der Waals surface area (Å²) in [5.74, 6) is -1.18. The quantitative estimate of drug-likeness (QED) is 0.308. The van der Waals surface area contributed by atoms with Crippen molar-refractivity contribution in [3.63, 3.8) is 0 Å². The highest BCUT2D eigenvalue weighted by Gasteiger charge is 2.33. The number of nitrogens with one attached hydrogen (secondary N) is 3. The van der Waals surface area contributed by atoms with Crippen molar-refractivity contribution < 1.29 is 28.7 Å². The van der Waals surface area contributed by atoms with Crippen LogP contribution in [-0.2, 0) is 20.6 Å². The molecular weight excluding hydrogens is 409 g/mol. The van der Waals surface area contributed by atoms with Crippen molar-refractivity contribution in [3.05, 3.63) is 29.8 Å². The van der Waals surface area contributed by atoms with Crippen molar-refractivity contribution in [2.75, 3.05) is 14.2 Å². The van der Waals surface area contributed by atoms with E-state index in [9.17, 15) is 23.9 Å². The maximum absolute atomic E-state index is 13.0. The Kier molecular flexibility index (Phi) is 10.5. The Balaban J connectivity index is 3.00. The molecule has 0 spiro atoms. The van der Waals surface area contributed by atoms with Crippen molar-refractivity contribution in [2.24, 2.45) is 5.92 Å². The molecule has 0 unspecified atom stereocenters. The highest BCUT2D eigenvalue weighted by molar-refractivity contribution is 7.52. The third-order valence-corrected chi connectivity index (χ3v) is 6.01. The number of hydrogen-bond donors (Lipinski definition) is 5. The smallest absolute Gasteiger partial charge is 0.342 e. The van der Waals surface area contributed by atoms with E-state index in [0.717, 1.165) is 5.56 Å². The van der Waals surface area contributed by atoms with Crippen molar-refractivity contribution in [1.82, 2.24) is 16.0 Å². The van der Waals surface area contributed by atoms with Crippen LogP contribution in [0.25, 0.3) is 0 Å². The SMILES string of the molecule is CC[C@@H](N[C@H](CC(C)C)C(=O)N[C@@H](Cc1ccc(OC)cc1)C(=O)NC)P(=O)(O)O. The lowest BCUT2D eigenvalue weighted by Crippen LogP contribution is -2.55. The first-order valence-electron chi connectivity index (χ1n) is 9.97. The Morgan fingerprint density at radius 1 is 1.10 bits per heavy atom. The molecule has 2 amide bonds. The van der Waals surface area contributed by atoms with E-state index in [1.165, 1.54) is 7.05 Å². The van der Waals surface area contributed by atoms with Crippen LogP contribution in [0.5, 0.6) is 5.75 Å². The predicted octanol–water partition coefficient (Wildman–Crippen LogP) is 1.39. The van der Waals surface area contributed by atoms with Gasteiger partial charge in [0.1, 0.15) is 17.6 Å². The molecule has 0 aliphatic rings. The van der Waals surface area contributed by atoms with Gasteiger partial charge >= 0.3 is 7.60 Å². The molecule has 1 aromatic carbocycles. The number of benzene rings is 1. The summed E-state index contributed by atoms with van der Waals surface area (Å²) in [6.07, 6.45) is 0.793. The van der Waals surface area contributed by atoms with Gasteiger partial charge in [0.25, 0.3) is 0 Å². The summed E-state index contributed by atoms with van der Waals surface area (Å²) in [7, 11) is -1.37. The van der Waals surface area contributed by atoms with Gasteiger partial charge in [-0.2, -0.15) is 0 Å². The number of carbonyl (C=O) groups excluding carboxylic acids is 2. The number of likely N-dealkylation sites (N-methyl/N-ethyl adjacent to an activating group) is 1. The van der Waals surface area contributed by atoms with Gasteiger partial charge in [-0.25, -0.2) is 0 Å². The van der Waals surface area contributed by atoms with Crippen LogP contribution < -0.4 is 20.7 Å². The summed E-state index contributed by atoms with van der Waals surface area (Å²) in [5, 5.41) is 8.07. The Hall–Kier alpha value is -1.93. The van der Waals surface area contributed by atoms with Crippen molar-refractivity contribution in [1.29, 1.82) is 0 Å². The maximum atomic E-state index is 13.0. The molecule has 30 heavy (non-hydrogen) atoms. The number of carbonyl (C=O) groups is 2. The number of hydrogen-bond acceptors (Lipinski definition) is 5. The van der Waals surface area contributed by atoms with Crippen LogP contribution >= 0.6 is 7.60 Å². The molecule has 170 valence electrons. The molecular formula is C20H34N3O6P. The second-order valence-corrected chi connectivity index (χ2v) is 9.39. The third kappa shape index (κ3) is 8.44. The highest BCUT2D eigenvalue weighted by Crippen LogP contribution is 2.41. The van der Waals surface area contributed by atoms with E-state index in [1.807, 2.05) is 26.0 Å². The molecule has 0 fully saturated rings. The van der Waals surface area contributed by atoms with Gasteiger partial charge in [-0.15, -0.1) is 0 Å². The van der Waals surface area contributed by atoms with Gasteiger partial charge in [0, 0.05) is 13.5 Å². The van der Waals surface area contributed by atoms with Gasteiger partial charge in [0.15, 0.2) is 0 Å². The van der Waals surface area contributed by atoms with Crippen LogP contribution in [0.1, 0.15) is 39.2 Å². The lowest BCUT2D eigenvalue weighted by molar-refractivity contribution is -0.130. The Labute approximate surface area is 178 Å². The number of amides is 2. The minimum absolute atomic E-state index is 0.0996. The molecule has 9 nitrogen and oxygen atoms in total. The minimum atomic E-state index is -4.42. The van der Waals surface area contributed by atoms with E-state index >= 15 is 0 Å². The minimum Gasteiger partial charge on any atom is -0.497 e. The van der Waals surface area contributed by atoms with Gasteiger partial charge in [0.2, 0.25) is 11.8 Å². The first kappa shape index (κ1) is 26.1. The third-order valence-electron chi connectivity index (χ3n) is 4.69. The molecule has 5 N–H and O–H groups in total. The standard InChI is InChI=1S/C20H34N3O6P/c1-6-18(30(26,27)28)22-16(11-13(2)3)20(25)23-17(19(24)21-4)12-14-7-9-15(29-5)10-8-14/h7-10,13,16-18,22H,6,11-12H2,1-5H3,(H,21,24)(H,23,25)(H2,26,27,28)/t16-,17+,18+/m1/s1.